The van der Waals surface area contributed by atoms with Crippen molar-refractivity contribution in [3.8, 4) is 0 Å². The van der Waals surface area contributed by atoms with Crippen molar-refractivity contribution in [3.05, 3.63) is 0 Å². The van der Waals surface area contributed by atoms with Gasteiger partial charge >= 0.3 is 6.18 Å². The Hall–Kier alpha value is 0.0138. The average molecular weight is 268 g/mol. The van der Waals surface area contributed by atoms with Crippen LogP contribution in [0.25, 0.3) is 0 Å². The van der Waals surface area contributed by atoms with Gasteiger partial charge in [0.1, 0.15) is 0 Å². The van der Waals surface area contributed by atoms with Crippen LogP contribution in [0.3, 0.4) is 0 Å². The van der Waals surface area contributed by atoms with E-state index in [0.29, 0.717) is 0 Å². The highest BCUT2D eigenvalue weighted by Crippen LogP contribution is 2.29. The molecule has 0 heterocycles. The minimum absolute atomic E-state index is 1.01. The van der Waals surface area contributed by atoms with Crippen LogP contribution in [0.5, 0.6) is 0 Å². The van der Waals surface area contributed by atoms with Crippen molar-refractivity contribution in [3.63, 3.8) is 0 Å². The second kappa shape index (κ2) is 5.37. The summed E-state index contributed by atoms with van der Waals surface area (Å²) in [6.45, 7) is 2.96. The molecule has 0 aromatic carbocycles. The molecular weight excluding hydrogens is 254 g/mol. The van der Waals surface area contributed by atoms with E-state index in [4.69, 9.17) is 0 Å². The van der Waals surface area contributed by atoms with E-state index in [-0.39, 0.29) is 0 Å². The molecule has 0 aromatic rings. The zero-order chi connectivity index (χ0) is 12.3. The van der Waals surface area contributed by atoms with Crippen molar-refractivity contribution in [1.82, 2.24) is 0 Å². The maximum absolute atomic E-state index is 13.8. The van der Waals surface area contributed by atoms with Gasteiger partial charge in [0.05, 0.1) is 23.2 Å². The minimum Gasteiger partial charge on any atom is -0.253 e. The molecule has 15 heavy (non-hydrogen) atoms. The fourth-order valence-electron chi connectivity index (χ4n) is 1.23. The van der Waals surface area contributed by atoms with Gasteiger partial charge in [-0.1, -0.05) is 13.1 Å². The summed E-state index contributed by atoms with van der Waals surface area (Å²) in [5, 5.41) is 0. The Bertz CT molecular complexity index is 192. The van der Waals surface area contributed by atoms with E-state index in [0.717, 1.165) is 0 Å². The molecule has 92 valence electrons. The zero-order valence-electron chi connectivity index (χ0n) is 8.54. The van der Waals surface area contributed by atoms with Crippen LogP contribution in [0, 0.1) is 0 Å². The van der Waals surface area contributed by atoms with Gasteiger partial charge in [-0.25, -0.2) is 8.78 Å². The Morgan fingerprint density at radius 3 is 1.87 bits per heavy atom. The van der Waals surface area contributed by atoms with Crippen LogP contribution in [0.2, 0.25) is 19.1 Å². The lowest BCUT2D eigenvalue weighted by atomic mass is 10.5. The van der Waals surface area contributed by atoms with Gasteiger partial charge in [0.25, 0.3) is 0 Å². The molecule has 0 aromatic heterocycles. The smallest absolute Gasteiger partial charge is 0.253 e. The van der Waals surface area contributed by atoms with Gasteiger partial charge in [0.2, 0.25) is 6.43 Å². The van der Waals surface area contributed by atoms with E-state index in [1.54, 1.807) is 0 Å². The quantitative estimate of drug-likeness (QED) is 0.531. The van der Waals surface area contributed by atoms with Gasteiger partial charge in [-0.15, -0.1) is 0 Å². The molecule has 0 aliphatic carbocycles. The van der Waals surface area contributed by atoms with Crippen molar-refractivity contribution in [2.24, 2.45) is 0 Å². The molecule has 0 aliphatic heterocycles. The largest absolute Gasteiger partial charge is 0.386 e. The number of hydrogen-bond acceptors (Lipinski definition) is 0. The highest BCUT2D eigenvalue weighted by atomic mass is 28.3. The Morgan fingerprint density at radius 1 is 1.13 bits per heavy atom. The predicted molar refractivity (Wildman–Crippen MR) is 52.7 cm³/mol. The molecule has 0 amide bonds. The van der Waals surface area contributed by atoms with Crippen molar-refractivity contribution in [2.45, 2.75) is 43.1 Å². The average Bonchev–Trinajstić information content (AvgIpc) is 1.98. The fourth-order valence-corrected chi connectivity index (χ4v) is 5.75. The van der Waals surface area contributed by atoms with Gasteiger partial charge in [-0.05, 0) is 0 Å². The van der Waals surface area contributed by atoms with Gasteiger partial charge in [-0.3, -0.25) is 4.39 Å². The van der Waals surface area contributed by atoms with Crippen molar-refractivity contribution >= 4 is 18.3 Å². The molecule has 0 N–H and O–H groups in total. The Kier molecular flexibility index (Phi) is 5.38. The van der Waals surface area contributed by atoms with Gasteiger partial charge < -0.3 is 0 Å². The first kappa shape index (κ1) is 15.0. The van der Waals surface area contributed by atoms with Crippen LogP contribution in [-0.4, -0.2) is 35.8 Å². The second-order valence-corrected chi connectivity index (χ2v) is 10.2. The lowest BCUT2D eigenvalue weighted by Gasteiger charge is -2.28. The standard InChI is InChI=1S/C7H14F6Si2/c1-15(2)7(13,3-5(8)9)14-4-6(10,11)12/h5,15H,3-4,14H2,1-2H3. The Morgan fingerprint density at radius 2 is 1.60 bits per heavy atom. The molecule has 8 heteroatoms. The first-order valence-electron chi connectivity index (χ1n) is 4.60. The van der Waals surface area contributed by atoms with E-state index in [2.05, 4.69) is 0 Å². The molecule has 0 nitrogen and oxygen atoms in total. The van der Waals surface area contributed by atoms with E-state index < -0.39 is 48.3 Å². The highest BCUT2D eigenvalue weighted by molar-refractivity contribution is 6.72. The first-order valence-corrected chi connectivity index (χ1v) is 9.20. The predicted octanol–water partition coefficient (Wildman–Crippen LogP) is 2.48. The molecule has 0 saturated carbocycles. The topological polar surface area (TPSA) is 0 Å². The first-order chi connectivity index (χ1) is 6.57. The Labute approximate surface area is 88.5 Å². The Balaban J connectivity index is 4.39. The maximum atomic E-state index is 13.8. The summed E-state index contributed by atoms with van der Waals surface area (Å²) in [5.74, 6) is 0. The van der Waals surface area contributed by atoms with E-state index in [9.17, 15) is 26.3 Å². The van der Waals surface area contributed by atoms with Crippen LogP contribution >= 0.6 is 0 Å². The van der Waals surface area contributed by atoms with Gasteiger partial charge in [0.15, 0.2) is 0 Å². The lowest BCUT2D eigenvalue weighted by molar-refractivity contribution is -0.110. The van der Waals surface area contributed by atoms with Crippen molar-refractivity contribution in [1.29, 1.82) is 0 Å². The molecule has 1 unspecified atom stereocenters. The molecule has 0 rings (SSSR count). The molecular formula is C7H14F6Si2. The van der Waals surface area contributed by atoms with E-state index >= 15 is 0 Å². The number of rotatable bonds is 5. The number of alkyl halides is 6. The van der Waals surface area contributed by atoms with E-state index in [1.807, 2.05) is 0 Å². The third-order valence-electron chi connectivity index (χ3n) is 2.35. The summed E-state index contributed by atoms with van der Waals surface area (Å²) < 4.78 is 73.6. The zero-order valence-corrected chi connectivity index (χ0v) is 11.1. The molecule has 0 aliphatic rings. The summed E-state index contributed by atoms with van der Waals surface area (Å²) in [5.41, 5.74) is 0. The highest BCUT2D eigenvalue weighted by Gasteiger charge is 2.41. The lowest BCUT2D eigenvalue weighted by Crippen LogP contribution is -2.46. The van der Waals surface area contributed by atoms with Gasteiger partial charge in [0, 0.05) is 12.5 Å². The maximum Gasteiger partial charge on any atom is 0.386 e. The molecule has 0 radical (unpaired) electrons. The van der Waals surface area contributed by atoms with Crippen LogP contribution in [0.15, 0.2) is 0 Å². The van der Waals surface area contributed by atoms with Crippen molar-refractivity contribution < 1.29 is 26.3 Å². The molecule has 0 saturated heterocycles. The normalized spacial score (nSPS) is 18.0. The van der Waals surface area contributed by atoms with Crippen LogP contribution in [0.1, 0.15) is 6.42 Å². The summed E-state index contributed by atoms with van der Waals surface area (Å²) in [7, 11) is -4.31. The van der Waals surface area contributed by atoms with Crippen LogP contribution < -0.4 is 0 Å². The van der Waals surface area contributed by atoms with Crippen LogP contribution in [-0.2, 0) is 0 Å². The van der Waals surface area contributed by atoms with Crippen LogP contribution in [0.4, 0.5) is 26.3 Å². The second-order valence-electron chi connectivity index (χ2n) is 3.90. The summed E-state index contributed by atoms with van der Waals surface area (Å²) >= 11 is 0. The summed E-state index contributed by atoms with van der Waals surface area (Å²) in [6, 6.07) is -1.19. The third kappa shape index (κ3) is 6.23. The monoisotopic (exact) mass is 268 g/mol. The number of hydrogen-bond donors (Lipinski definition) is 0. The fraction of sp³-hybridized carbons (Fsp3) is 1.00. The summed E-state index contributed by atoms with van der Waals surface area (Å²) in [4.78, 5) is -2.16. The summed E-state index contributed by atoms with van der Waals surface area (Å²) in [6.07, 6.45) is -8.29. The van der Waals surface area contributed by atoms with E-state index in [1.165, 1.54) is 13.1 Å². The minimum atomic E-state index is -4.42. The van der Waals surface area contributed by atoms with Crippen molar-refractivity contribution in [2.75, 3.05) is 0 Å². The third-order valence-corrected chi connectivity index (χ3v) is 9.91. The number of halogens is 6. The molecule has 1 atom stereocenters. The molecule has 0 bridgehead atoms. The SMILES string of the molecule is C[SiH](C)C(F)(CC(F)F)[SiH2]CC(F)(F)F. The molecule has 0 fully saturated rings. The van der Waals surface area contributed by atoms with Gasteiger partial charge in [-0.2, -0.15) is 13.2 Å². The molecule has 0 spiro atoms.